The molecule has 2 amide bonds. The molecule has 2 atom stereocenters. The van der Waals surface area contributed by atoms with Gasteiger partial charge >= 0.3 is 0 Å². The van der Waals surface area contributed by atoms with E-state index in [1.807, 2.05) is 50.2 Å². The Morgan fingerprint density at radius 2 is 1.62 bits per heavy atom. The summed E-state index contributed by atoms with van der Waals surface area (Å²) in [7, 11) is -3.82. The molecule has 0 fully saturated rings. The number of nitrogens with one attached hydrogen (secondary N) is 1. The molecule has 0 spiro atoms. The van der Waals surface area contributed by atoms with Crippen LogP contribution >= 0.6 is 27.5 Å². The van der Waals surface area contributed by atoms with Crippen molar-refractivity contribution in [2.24, 2.45) is 0 Å². The normalized spacial score (nSPS) is 12.8. The highest BCUT2D eigenvalue weighted by atomic mass is 79.9. The fourth-order valence-corrected chi connectivity index (χ4v) is 5.37. The Bertz CT molecular complexity index is 1370. The predicted molar refractivity (Wildman–Crippen MR) is 160 cm³/mol. The fourth-order valence-electron chi connectivity index (χ4n) is 4.05. The summed E-state index contributed by atoms with van der Waals surface area (Å²) >= 11 is 9.59. The number of sulfonamides is 1. The van der Waals surface area contributed by atoms with E-state index in [4.69, 9.17) is 11.6 Å². The maximum Gasteiger partial charge on any atom is 0.244 e. The van der Waals surface area contributed by atoms with E-state index in [2.05, 4.69) is 21.2 Å². The smallest absolute Gasteiger partial charge is 0.244 e. The lowest BCUT2D eigenvalue weighted by Gasteiger charge is -2.34. The summed E-state index contributed by atoms with van der Waals surface area (Å²) < 4.78 is 27.4. The van der Waals surface area contributed by atoms with Crippen LogP contribution in [0.4, 0.5) is 5.69 Å². The summed E-state index contributed by atoms with van der Waals surface area (Å²) in [6.45, 7) is 3.47. The van der Waals surface area contributed by atoms with Crippen LogP contribution in [0.2, 0.25) is 5.02 Å². The van der Waals surface area contributed by atoms with Crippen LogP contribution in [0.5, 0.6) is 0 Å². The van der Waals surface area contributed by atoms with Crippen molar-refractivity contribution >= 4 is 55.1 Å². The minimum absolute atomic E-state index is 0.0722. The molecule has 0 aliphatic heterocycles. The molecule has 0 bridgehead atoms. The molecule has 0 aromatic heterocycles. The van der Waals surface area contributed by atoms with Crippen molar-refractivity contribution < 1.29 is 18.0 Å². The van der Waals surface area contributed by atoms with Gasteiger partial charge in [0.1, 0.15) is 12.6 Å². The van der Waals surface area contributed by atoms with E-state index in [9.17, 15) is 18.0 Å². The number of nitrogens with zero attached hydrogens (tertiary/aromatic N) is 2. The van der Waals surface area contributed by atoms with E-state index in [0.717, 1.165) is 32.6 Å². The lowest BCUT2D eigenvalue weighted by molar-refractivity contribution is -0.140. The minimum Gasteiger partial charge on any atom is -0.352 e. The summed E-state index contributed by atoms with van der Waals surface area (Å²) in [6.07, 6.45) is 2.03. The minimum atomic E-state index is -3.82. The Morgan fingerprint density at radius 1 is 0.974 bits per heavy atom. The Hall–Kier alpha value is -2.88. The fraction of sp³-hybridized carbons (Fsp3) is 0.310. The summed E-state index contributed by atoms with van der Waals surface area (Å²) in [6, 6.07) is 22.2. The molecule has 0 unspecified atom stereocenters. The van der Waals surface area contributed by atoms with Crippen molar-refractivity contribution in [3.05, 3.63) is 99.5 Å². The van der Waals surface area contributed by atoms with Crippen LogP contribution in [0, 0.1) is 0 Å². The number of hydrogen-bond donors (Lipinski definition) is 1. The molecule has 0 saturated heterocycles. The highest BCUT2D eigenvalue weighted by Crippen LogP contribution is 2.23. The molecule has 3 aromatic rings. The van der Waals surface area contributed by atoms with Crippen molar-refractivity contribution in [3.63, 3.8) is 0 Å². The van der Waals surface area contributed by atoms with E-state index in [0.29, 0.717) is 10.7 Å². The summed E-state index contributed by atoms with van der Waals surface area (Å²) in [4.78, 5) is 29.1. The number of halogens is 2. The number of hydrogen-bond acceptors (Lipinski definition) is 4. The zero-order valence-electron chi connectivity index (χ0n) is 22.2. The summed E-state index contributed by atoms with van der Waals surface area (Å²) in [5.74, 6) is -0.818. The van der Waals surface area contributed by atoms with Crippen molar-refractivity contribution in [2.45, 2.75) is 45.3 Å². The van der Waals surface area contributed by atoms with Crippen molar-refractivity contribution in [1.29, 1.82) is 0 Å². The second-order valence-corrected chi connectivity index (χ2v) is 12.7. The molecule has 3 aromatic carbocycles. The van der Waals surface area contributed by atoms with Crippen LogP contribution in [-0.2, 0) is 32.6 Å². The molecule has 0 aliphatic rings. The molecule has 10 heteroatoms. The Balaban J connectivity index is 2.05. The molecule has 0 heterocycles. The maximum absolute atomic E-state index is 14.0. The molecule has 3 rings (SSSR count). The first kappa shape index (κ1) is 30.7. The largest absolute Gasteiger partial charge is 0.352 e. The molecule has 0 aliphatic carbocycles. The van der Waals surface area contributed by atoms with E-state index >= 15 is 0 Å². The van der Waals surface area contributed by atoms with Crippen LogP contribution in [-0.4, -0.2) is 50.0 Å². The molecule has 1 N–H and O–H groups in total. The molecular formula is C29H33BrClN3O4S. The van der Waals surface area contributed by atoms with Gasteiger partial charge in [-0.3, -0.25) is 13.9 Å². The quantitative estimate of drug-likeness (QED) is 0.288. The van der Waals surface area contributed by atoms with Gasteiger partial charge in [-0.15, -0.1) is 0 Å². The Labute approximate surface area is 244 Å². The second-order valence-electron chi connectivity index (χ2n) is 9.42. The van der Waals surface area contributed by atoms with E-state index < -0.39 is 28.5 Å². The van der Waals surface area contributed by atoms with E-state index in [1.54, 1.807) is 42.5 Å². The first-order valence-corrected chi connectivity index (χ1v) is 15.6. The third-order valence-electron chi connectivity index (χ3n) is 6.31. The molecule has 39 heavy (non-hydrogen) atoms. The first-order valence-electron chi connectivity index (χ1n) is 12.6. The van der Waals surface area contributed by atoms with Gasteiger partial charge in [-0.25, -0.2) is 8.42 Å². The van der Waals surface area contributed by atoms with Gasteiger partial charge in [0.25, 0.3) is 0 Å². The Morgan fingerprint density at radius 3 is 2.21 bits per heavy atom. The lowest BCUT2D eigenvalue weighted by atomic mass is 10.0. The van der Waals surface area contributed by atoms with Crippen LogP contribution in [0.25, 0.3) is 0 Å². The van der Waals surface area contributed by atoms with Gasteiger partial charge in [0.05, 0.1) is 11.9 Å². The van der Waals surface area contributed by atoms with Gasteiger partial charge < -0.3 is 10.2 Å². The third-order valence-corrected chi connectivity index (χ3v) is 8.21. The van der Waals surface area contributed by atoms with Gasteiger partial charge in [-0.1, -0.05) is 76.9 Å². The molecular weight excluding hydrogens is 602 g/mol. The van der Waals surface area contributed by atoms with E-state index in [1.165, 1.54) is 4.90 Å². The average Bonchev–Trinajstić information content (AvgIpc) is 2.89. The zero-order valence-corrected chi connectivity index (χ0v) is 25.3. The average molecular weight is 635 g/mol. The molecule has 0 saturated carbocycles. The van der Waals surface area contributed by atoms with Gasteiger partial charge in [0.2, 0.25) is 21.8 Å². The van der Waals surface area contributed by atoms with Crippen LogP contribution in [0.15, 0.2) is 83.3 Å². The molecule has 208 valence electrons. The SMILES string of the molecule is CC[C@H](C)NC(=O)[C@H](Cc1ccccc1)N(Cc1cccc(Cl)c1)C(=O)CN(c1ccc(Br)cc1)S(C)(=O)=O. The number of amides is 2. The standard InChI is InChI=1S/C29H33BrClN3O4S/c1-4-21(2)32-29(36)27(18-22-9-6-5-7-10-22)33(19-23-11-8-12-25(31)17-23)28(35)20-34(39(3,37)38)26-15-13-24(30)14-16-26/h5-17,21,27H,4,18-20H2,1-3H3,(H,32,36)/t21-,27-/m0/s1. The zero-order chi connectivity index (χ0) is 28.6. The predicted octanol–water partition coefficient (Wildman–Crippen LogP) is 5.42. The highest BCUT2D eigenvalue weighted by molar-refractivity contribution is 9.10. The topological polar surface area (TPSA) is 86.8 Å². The monoisotopic (exact) mass is 633 g/mol. The Kier molecular flexibility index (Phi) is 11.0. The third kappa shape index (κ3) is 9.08. The lowest BCUT2D eigenvalue weighted by Crippen LogP contribution is -2.54. The van der Waals surface area contributed by atoms with Crippen LogP contribution in [0.1, 0.15) is 31.4 Å². The van der Waals surface area contributed by atoms with Crippen LogP contribution < -0.4 is 9.62 Å². The highest BCUT2D eigenvalue weighted by Gasteiger charge is 2.33. The van der Waals surface area contributed by atoms with Gasteiger partial charge in [-0.05, 0) is 60.9 Å². The van der Waals surface area contributed by atoms with Crippen molar-refractivity contribution in [1.82, 2.24) is 10.2 Å². The summed E-state index contributed by atoms with van der Waals surface area (Å²) in [5.41, 5.74) is 1.94. The van der Waals surface area contributed by atoms with Crippen molar-refractivity contribution in [2.75, 3.05) is 17.1 Å². The summed E-state index contributed by atoms with van der Waals surface area (Å²) in [5, 5.41) is 3.50. The van der Waals surface area contributed by atoms with Crippen molar-refractivity contribution in [3.8, 4) is 0 Å². The number of benzene rings is 3. The van der Waals surface area contributed by atoms with E-state index in [-0.39, 0.29) is 24.9 Å². The molecule has 0 radical (unpaired) electrons. The number of carbonyl (C=O) groups is 2. The maximum atomic E-state index is 14.0. The second kappa shape index (κ2) is 14.0. The van der Waals surface area contributed by atoms with Gasteiger partial charge in [0, 0.05) is 28.5 Å². The first-order chi connectivity index (χ1) is 18.5. The molecule has 7 nitrogen and oxygen atoms in total. The number of carbonyl (C=O) groups excluding carboxylic acids is 2. The van der Waals surface area contributed by atoms with Gasteiger partial charge in [0.15, 0.2) is 0 Å². The van der Waals surface area contributed by atoms with Crippen LogP contribution in [0.3, 0.4) is 0 Å². The number of rotatable bonds is 12. The number of anilines is 1. The van der Waals surface area contributed by atoms with Gasteiger partial charge in [-0.2, -0.15) is 0 Å².